The van der Waals surface area contributed by atoms with Crippen LogP contribution in [0.3, 0.4) is 0 Å². The molecule has 0 bridgehead atoms. The largest absolute Gasteiger partial charge is 0.356 e. The van der Waals surface area contributed by atoms with Gasteiger partial charge in [-0.3, -0.25) is 9.71 Å². The van der Waals surface area contributed by atoms with Crippen molar-refractivity contribution in [2.75, 3.05) is 4.72 Å². The Morgan fingerprint density at radius 3 is 2.61 bits per heavy atom. The van der Waals surface area contributed by atoms with Crippen LogP contribution in [0.4, 0.5) is 5.69 Å². The number of nitrogens with zero attached hydrogens (tertiary/aromatic N) is 2. The van der Waals surface area contributed by atoms with Gasteiger partial charge in [0.05, 0.1) is 22.5 Å². The molecule has 0 spiro atoms. The van der Waals surface area contributed by atoms with Gasteiger partial charge in [0.1, 0.15) is 0 Å². The van der Waals surface area contributed by atoms with Crippen molar-refractivity contribution in [2.45, 2.75) is 18.7 Å². The number of pyridine rings is 1. The number of sulfonamides is 1. The normalized spacial score (nSPS) is 11.4. The number of benzene rings is 1. The van der Waals surface area contributed by atoms with Crippen molar-refractivity contribution in [3.8, 4) is 11.3 Å². The van der Waals surface area contributed by atoms with E-state index in [0.29, 0.717) is 22.6 Å². The predicted molar refractivity (Wildman–Crippen MR) is 86.5 cm³/mol. The fraction of sp³-hybridized carbons (Fsp3) is 0.125. The molecule has 0 atom stereocenters. The van der Waals surface area contributed by atoms with Crippen molar-refractivity contribution in [3.63, 3.8) is 0 Å². The summed E-state index contributed by atoms with van der Waals surface area (Å²) >= 11 is 0. The van der Waals surface area contributed by atoms with Crippen molar-refractivity contribution < 1.29 is 12.9 Å². The van der Waals surface area contributed by atoms with Crippen molar-refractivity contribution in [3.05, 3.63) is 60.0 Å². The number of hydrogen-bond donors (Lipinski definition) is 1. The number of aryl methyl sites for hydroxylation is 2. The number of aromatic nitrogens is 2. The molecule has 0 aliphatic carbocycles. The first-order chi connectivity index (χ1) is 11.0. The molecule has 0 aliphatic heterocycles. The van der Waals surface area contributed by atoms with E-state index in [1.54, 1.807) is 49.5 Å². The average Bonchev–Trinajstić information content (AvgIpc) is 2.94. The monoisotopic (exact) mass is 329 g/mol. The van der Waals surface area contributed by atoms with E-state index in [9.17, 15) is 8.42 Å². The lowest BCUT2D eigenvalue weighted by atomic mass is 10.1. The Morgan fingerprint density at radius 1 is 1.13 bits per heavy atom. The van der Waals surface area contributed by atoms with Gasteiger partial charge < -0.3 is 4.52 Å². The quantitative estimate of drug-likeness (QED) is 0.794. The molecule has 23 heavy (non-hydrogen) atoms. The fourth-order valence-electron chi connectivity index (χ4n) is 2.18. The minimum atomic E-state index is -3.72. The van der Waals surface area contributed by atoms with Gasteiger partial charge in [0, 0.05) is 17.8 Å². The summed E-state index contributed by atoms with van der Waals surface area (Å²) in [7, 11) is -3.72. The van der Waals surface area contributed by atoms with Gasteiger partial charge in [-0.25, -0.2) is 8.42 Å². The zero-order valence-electron chi connectivity index (χ0n) is 12.6. The average molecular weight is 329 g/mol. The van der Waals surface area contributed by atoms with Crippen LogP contribution in [0.5, 0.6) is 0 Å². The Hall–Kier alpha value is -2.67. The third-order valence-corrected chi connectivity index (χ3v) is 4.83. The van der Waals surface area contributed by atoms with Gasteiger partial charge in [-0.2, -0.15) is 0 Å². The molecule has 3 rings (SSSR count). The van der Waals surface area contributed by atoms with Gasteiger partial charge >= 0.3 is 0 Å². The van der Waals surface area contributed by atoms with E-state index in [0.717, 1.165) is 5.69 Å². The molecular weight excluding hydrogens is 314 g/mol. The summed E-state index contributed by atoms with van der Waals surface area (Å²) in [5, 5.41) is 3.83. The molecule has 0 amide bonds. The minimum Gasteiger partial charge on any atom is -0.356 e. The van der Waals surface area contributed by atoms with E-state index in [1.807, 2.05) is 6.92 Å². The number of nitrogens with one attached hydrogen (secondary N) is 1. The Balaban J connectivity index is 2.01. The molecule has 0 fully saturated rings. The highest BCUT2D eigenvalue weighted by molar-refractivity contribution is 7.92. The van der Waals surface area contributed by atoms with Gasteiger partial charge in [0.15, 0.2) is 5.76 Å². The van der Waals surface area contributed by atoms with Crippen LogP contribution in [0.1, 0.15) is 11.3 Å². The van der Waals surface area contributed by atoms with Gasteiger partial charge in [-0.15, -0.1) is 0 Å². The molecule has 7 heteroatoms. The lowest BCUT2D eigenvalue weighted by Crippen LogP contribution is -2.14. The zero-order chi connectivity index (χ0) is 16.4. The highest BCUT2D eigenvalue weighted by Gasteiger charge is 2.19. The first-order valence-corrected chi connectivity index (χ1v) is 8.41. The maximum atomic E-state index is 12.6. The fourth-order valence-corrected chi connectivity index (χ4v) is 3.49. The van der Waals surface area contributed by atoms with Crippen molar-refractivity contribution >= 4 is 15.7 Å². The Kier molecular flexibility index (Phi) is 3.87. The SMILES string of the molecule is Cc1cc(-c2ccc(C)c(S(=O)(=O)Nc3cccnc3)c2)on1. The molecule has 0 aliphatic rings. The molecule has 6 nitrogen and oxygen atoms in total. The number of anilines is 1. The minimum absolute atomic E-state index is 0.188. The molecule has 3 aromatic rings. The maximum absolute atomic E-state index is 12.6. The van der Waals surface area contributed by atoms with E-state index >= 15 is 0 Å². The zero-order valence-corrected chi connectivity index (χ0v) is 13.5. The molecule has 0 saturated carbocycles. The van der Waals surface area contributed by atoms with Crippen LogP contribution in [0, 0.1) is 13.8 Å². The predicted octanol–water partition coefficient (Wildman–Crippen LogP) is 3.15. The summed E-state index contributed by atoms with van der Waals surface area (Å²) in [6.45, 7) is 3.55. The third-order valence-electron chi connectivity index (χ3n) is 3.30. The lowest BCUT2D eigenvalue weighted by molar-refractivity contribution is 0.427. The number of hydrogen-bond acceptors (Lipinski definition) is 5. The summed E-state index contributed by atoms with van der Waals surface area (Å²) in [6, 6.07) is 10.2. The molecule has 1 N–H and O–H groups in total. The van der Waals surface area contributed by atoms with E-state index < -0.39 is 10.0 Å². The smallest absolute Gasteiger partial charge is 0.262 e. The number of rotatable bonds is 4. The van der Waals surface area contributed by atoms with Crippen LogP contribution in [0.2, 0.25) is 0 Å². The summed E-state index contributed by atoms with van der Waals surface area (Å²) in [5.41, 5.74) is 2.44. The first kappa shape index (κ1) is 15.2. The molecule has 2 heterocycles. The van der Waals surface area contributed by atoms with E-state index in [2.05, 4.69) is 14.9 Å². The second-order valence-corrected chi connectivity index (χ2v) is 6.81. The van der Waals surface area contributed by atoms with Gasteiger partial charge in [0.2, 0.25) is 0 Å². The highest BCUT2D eigenvalue weighted by Crippen LogP contribution is 2.26. The summed E-state index contributed by atoms with van der Waals surface area (Å²) in [5.74, 6) is 0.528. The second kappa shape index (κ2) is 5.85. The Morgan fingerprint density at radius 2 is 1.96 bits per heavy atom. The van der Waals surface area contributed by atoms with Crippen molar-refractivity contribution in [1.82, 2.24) is 10.1 Å². The summed E-state index contributed by atoms with van der Waals surface area (Å²) in [6.07, 6.45) is 3.03. The van der Waals surface area contributed by atoms with Crippen LogP contribution in [0.25, 0.3) is 11.3 Å². The van der Waals surface area contributed by atoms with Crippen molar-refractivity contribution in [1.29, 1.82) is 0 Å². The molecule has 0 saturated heterocycles. The Labute approximate surface area is 134 Å². The topological polar surface area (TPSA) is 85.1 Å². The van der Waals surface area contributed by atoms with E-state index in [1.165, 1.54) is 6.20 Å². The van der Waals surface area contributed by atoms with Gasteiger partial charge in [0.25, 0.3) is 10.0 Å². The summed E-state index contributed by atoms with van der Waals surface area (Å²) < 4.78 is 33.0. The lowest BCUT2D eigenvalue weighted by Gasteiger charge is -2.11. The molecule has 0 unspecified atom stereocenters. The van der Waals surface area contributed by atoms with E-state index in [-0.39, 0.29) is 4.90 Å². The molecule has 0 radical (unpaired) electrons. The highest BCUT2D eigenvalue weighted by atomic mass is 32.2. The first-order valence-electron chi connectivity index (χ1n) is 6.93. The van der Waals surface area contributed by atoms with Crippen LogP contribution < -0.4 is 4.72 Å². The standard InChI is InChI=1S/C16H15N3O3S/c1-11-5-6-13(15-8-12(2)18-22-15)9-16(11)23(20,21)19-14-4-3-7-17-10-14/h3-10,19H,1-2H3. The molecular formula is C16H15N3O3S. The summed E-state index contributed by atoms with van der Waals surface area (Å²) in [4.78, 5) is 4.09. The van der Waals surface area contributed by atoms with Gasteiger partial charge in [-0.05, 0) is 37.6 Å². The van der Waals surface area contributed by atoms with Crippen LogP contribution >= 0.6 is 0 Å². The van der Waals surface area contributed by atoms with Crippen LogP contribution in [0.15, 0.2) is 58.2 Å². The van der Waals surface area contributed by atoms with Gasteiger partial charge in [-0.1, -0.05) is 17.3 Å². The van der Waals surface area contributed by atoms with Crippen molar-refractivity contribution in [2.24, 2.45) is 0 Å². The van der Waals surface area contributed by atoms with E-state index in [4.69, 9.17) is 4.52 Å². The maximum Gasteiger partial charge on any atom is 0.262 e. The molecule has 2 aromatic heterocycles. The van der Waals surface area contributed by atoms with Crippen LogP contribution in [-0.4, -0.2) is 18.6 Å². The molecule has 118 valence electrons. The second-order valence-electron chi connectivity index (χ2n) is 5.16. The van der Waals surface area contributed by atoms with Crippen LogP contribution in [-0.2, 0) is 10.0 Å². The molecule has 1 aromatic carbocycles. The Bertz CT molecular complexity index is 934. The third kappa shape index (κ3) is 3.24.